The first-order chi connectivity index (χ1) is 17.5. The van der Waals surface area contributed by atoms with Crippen LogP contribution in [-0.4, -0.2) is 47.5 Å². The third-order valence-electron chi connectivity index (χ3n) is 5.39. The molecule has 1 unspecified atom stereocenters. The zero-order valence-corrected chi connectivity index (χ0v) is 21.6. The quantitative estimate of drug-likeness (QED) is 0.291. The molecule has 0 spiro atoms. The van der Waals surface area contributed by atoms with E-state index in [1.807, 2.05) is 54.6 Å². The van der Waals surface area contributed by atoms with Crippen molar-refractivity contribution in [2.45, 2.75) is 71.8 Å². The maximum Gasteiger partial charge on any atom is 0.511 e. The van der Waals surface area contributed by atoms with Crippen LogP contribution < -0.4 is 5.32 Å². The van der Waals surface area contributed by atoms with E-state index in [1.165, 1.54) is 6.92 Å². The van der Waals surface area contributed by atoms with E-state index in [4.69, 9.17) is 19.3 Å². The van der Waals surface area contributed by atoms with Crippen molar-refractivity contribution in [3.8, 4) is 11.1 Å². The molecule has 0 bridgehead atoms. The highest BCUT2D eigenvalue weighted by atomic mass is 16.8. The molecule has 0 aliphatic rings. The summed E-state index contributed by atoms with van der Waals surface area (Å²) in [6.45, 7) is 6.39. The van der Waals surface area contributed by atoms with Crippen LogP contribution in [0.25, 0.3) is 11.1 Å². The molecular weight excluding hydrogens is 478 g/mol. The molecule has 0 saturated heterocycles. The Bertz CT molecular complexity index is 1040. The minimum Gasteiger partial charge on any atom is -0.481 e. The number of carboxylic acids is 1. The molecule has 2 aromatic rings. The number of aliphatic carboxylic acids is 1. The van der Waals surface area contributed by atoms with Gasteiger partial charge in [0.2, 0.25) is 12.2 Å². The second-order valence-electron chi connectivity index (χ2n) is 9.10. The second kappa shape index (κ2) is 14.6. The van der Waals surface area contributed by atoms with Crippen molar-refractivity contribution in [1.29, 1.82) is 0 Å². The van der Waals surface area contributed by atoms with E-state index < -0.39 is 42.3 Å². The van der Waals surface area contributed by atoms with Gasteiger partial charge in [-0.15, -0.1) is 0 Å². The lowest BCUT2D eigenvalue weighted by molar-refractivity contribution is -0.173. The highest BCUT2D eigenvalue weighted by molar-refractivity contribution is 5.81. The summed E-state index contributed by atoms with van der Waals surface area (Å²) in [7, 11) is 0. The normalized spacial score (nSPS) is 13.2. The smallest absolute Gasteiger partial charge is 0.481 e. The average Bonchev–Trinajstić information content (AvgIpc) is 2.83. The fourth-order valence-corrected chi connectivity index (χ4v) is 3.64. The fraction of sp³-hybridized carbons (Fsp3) is 0.429. The van der Waals surface area contributed by atoms with Crippen LogP contribution in [0.3, 0.4) is 0 Å². The monoisotopic (exact) mass is 513 g/mol. The van der Waals surface area contributed by atoms with Gasteiger partial charge in [-0.25, -0.2) is 4.79 Å². The standard InChI is InChI=1S/C28H35NO8/c1-18(2)35-28(34)37-20(4)36-27(33)19(3)16-24(29-25(30)14-15-26(31)32)17-21-10-12-23(13-11-21)22-8-6-5-7-9-22/h5-13,18-20,24H,14-17H2,1-4H3,(H,29,30)(H,31,32)/t19-,20?,24+/m1/s1. The lowest BCUT2D eigenvalue weighted by Crippen LogP contribution is -2.39. The summed E-state index contributed by atoms with van der Waals surface area (Å²) in [6, 6.07) is 17.3. The summed E-state index contributed by atoms with van der Waals surface area (Å²) >= 11 is 0. The predicted octanol–water partition coefficient (Wildman–Crippen LogP) is 4.72. The second-order valence-corrected chi connectivity index (χ2v) is 9.10. The lowest BCUT2D eigenvalue weighted by atomic mass is 9.94. The van der Waals surface area contributed by atoms with E-state index in [2.05, 4.69) is 5.32 Å². The third kappa shape index (κ3) is 11.2. The molecule has 0 aliphatic carbocycles. The molecule has 0 radical (unpaired) electrons. The Morgan fingerprint density at radius 1 is 0.811 bits per heavy atom. The van der Waals surface area contributed by atoms with Crippen molar-refractivity contribution in [3.63, 3.8) is 0 Å². The topological polar surface area (TPSA) is 128 Å². The first kappa shape index (κ1) is 29.4. The number of esters is 1. The summed E-state index contributed by atoms with van der Waals surface area (Å²) in [6.07, 6.45) is -2.24. The predicted molar refractivity (Wildman–Crippen MR) is 136 cm³/mol. The minimum atomic E-state index is -1.14. The minimum absolute atomic E-state index is 0.166. The Morgan fingerprint density at radius 3 is 2.03 bits per heavy atom. The number of nitrogens with one attached hydrogen (secondary N) is 1. The molecule has 200 valence electrons. The SMILES string of the molecule is CC(C)OC(=O)OC(C)OC(=O)[C@H](C)C[C@@H](Cc1ccc(-c2ccccc2)cc1)NC(=O)CCC(=O)O. The fourth-order valence-electron chi connectivity index (χ4n) is 3.64. The molecule has 0 fully saturated rings. The molecular formula is C28H35NO8. The molecule has 0 saturated carbocycles. The summed E-state index contributed by atoms with van der Waals surface area (Å²) in [5, 5.41) is 11.7. The number of amides is 1. The maximum atomic E-state index is 12.6. The van der Waals surface area contributed by atoms with Gasteiger partial charge in [-0.1, -0.05) is 61.5 Å². The first-order valence-electron chi connectivity index (χ1n) is 12.3. The van der Waals surface area contributed by atoms with E-state index in [0.29, 0.717) is 6.42 Å². The summed E-state index contributed by atoms with van der Waals surface area (Å²) in [5.41, 5.74) is 3.07. The van der Waals surface area contributed by atoms with Gasteiger partial charge in [0, 0.05) is 19.4 Å². The zero-order valence-electron chi connectivity index (χ0n) is 21.6. The van der Waals surface area contributed by atoms with E-state index >= 15 is 0 Å². The van der Waals surface area contributed by atoms with Gasteiger partial charge in [-0.2, -0.15) is 0 Å². The molecule has 0 aromatic heterocycles. The Morgan fingerprint density at radius 2 is 1.43 bits per heavy atom. The zero-order chi connectivity index (χ0) is 27.4. The Balaban J connectivity index is 2.04. The van der Waals surface area contributed by atoms with E-state index in [0.717, 1.165) is 16.7 Å². The van der Waals surface area contributed by atoms with Crippen LogP contribution in [0.5, 0.6) is 0 Å². The summed E-state index contributed by atoms with van der Waals surface area (Å²) in [5.74, 6) is -2.72. The Hall–Kier alpha value is -3.88. The molecule has 0 heterocycles. The van der Waals surface area contributed by atoms with Gasteiger partial charge in [0.25, 0.3) is 0 Å². The number of carbonyl (C=O) groups is 4. The number of ether oxygens (including phenoxy) is 3. The molecule has 2 N–H and O–H groups in total. The molecule has 37 heavy (non-hydrogen) atoms. The van der Waals surface area contributed by atoms with Crippen molar-refractivity contribution in [2.75, 3.05) is 0 Å². The number of rotatable bonds is 13. The van der Waals surface area contributed by atoms with Crippen LogP contribution >= 0.6 is 0 Å². The van der Waals surface area contributed by atoms with Crippen LogP contribution in [0.4, 0.5) is 4.79 Å². The van der Waals surface area contributed by atoms with Crippen LogP contribution in [0.15, 0.2) is 54.6 Å². The Labute approximate surface area is 217 Å². The van der Waals surface area contributed by atoms with E-state index in [1.54, 1.807) is 20.8 Å². The van der Waals surface area contributed by atoms with Crippen molar-refractivity contribution in [1.82, 2.24) is 5.32 Å². The van der Waals surface area contributed by atoms with Gasteiger partial charge in [0.15, 0.2) is 0 Å². The maximum absolute atomic E-state index is 12.6. The van der Waals surface area contributed by atoms with Gasteiger partial charge in [0.1, 0.15) is 0 Å². The van der Waals surface area contributed by atoms with Crippen LogP contribution in [0.1, 0.15) is 52.5 Å². The number of benzene rings is 2. The molecule has 3 atom stereocenters. The number of carbonyl (C=O) groups excluding carboxylic acids is 3. The van der Waals surface area contributed by atoms with Crippen LogP contribution in [-0.2, 0) is 35.0 Å². The number of hydrogen-bond acceptors (Lipinski definition) is 7. The van der Waals surface area contributed by atoms with Crippen LogP contribution in [0.2, 0.25) is 0 Å². The summed E-state index contributed by atoms with van der Waals surface area (Å²) < 4.78 is 15.0. The van der Waals surface area contributed by atoms with Crippen molar-refractivity contribution < 1.29 is 38.5 Å². The lowest BCUT2D eigenvalue weighted by Gasteiger charge is -2.23. The van der Waals surface area contributed by atoms with E-state index in [-0.39, 0.29) is 25.4 Å². The van der Waals surface area contributed by atoms with Gasteiger partial charge in [0.05, 0.1) is 18.4 Å². The van der Waals surface area contributed by atoms with Crippen molar-refractivity contribution in [2.24, 2.45) is 5.92 Å². The van der Waals surface area contributed by atoms with Gasteiger partial charge < -0.3 is 24.6 Å². The average molecular weight is 514 g/mol. The van der Waals surface area contributed by atoms with Crippen LogP contribution in [0, 0.1) is 5.92 Å². The first-order valence-corrected chi connectivity index (χ1v) is 12.3. The summed E-state index contributed by atoms with van der Waals surface area (Å²) in [4.78, 5) is 47.4. The number of carboxylic acid groups (broad SMARTS) is 1. The van der Waals surface area contributed by atoms with Gasteiger partial charge in [-0.3, -0.25) is 14.4 Å². The highest BCUT2D eigenvalue weighted by Crippen LogP contribution is 2.21. The van der Waals surface area contributed by atoms with Crippen molar-refractivity contribution in [3.05, 3.63) is 60.2 Å². The molecule has 9 heteroatoms. The Kier molecular flexibility index (Phi) is 11.6. The largest absolute Gasteiger partial charge is 0.511 e. The number of hydrogen-bond donors (Lipinski definition) is 2. The molecule has 2 rings (SSSR count). The molecule has 1 amide bonds. The third-order valence-corrected chi connectivity index (χ3v) is 5.39. The van der Waals surface area contributed by atoms with Gasteiger partial charge in [-0.05, 0) is 43.4 Å². The molecule has 9 nitrogen and oxygen atoms in total. The molecule has 2 aromatic carbocycles. The highest BCUT2D eigenvalue weighted by Gasteiger charge is 2.25. The van der Waals surface area contributed by atoms with Gasteiger partial charge >= 0.3 is 18.1 Å². The molecule has 0 aliphatic heterocycles. The van der Waals surface area contributed by atoms with E-state index in [9.17, 15) is 19.2 Å². The van der Waals surface area contributed by atoms with Crippen molar-refractivity contribution >= 4 is 24.0 Å².